The molecule has 1 unspecified atom stereocenters. The first-order chi connectivity index (χ1) is 11.3. The molecule has 1 atom stereocenters. The molecule has 112 valence electrons. The Labute approximate surface area is 135 Å². The monoisotopic (exact) mass is 299 g/mol. The third-order valence-corrected chi connectivity index (χ3v) is 4.23. The lowest BCUT2D eigenvalue weighted by Gasteiger charge is -2.16. The molecular formula is C20H17N3. The number of nitrogens with zero attached hydrogens (tertiary/aromatic N) is 2. The molecule has 2 aromatic heterocycles. The topological polar surface area (TPSA) is 41.6 Å². The van der Waals surface area contributed by atoms with E-state index in [0.717, 1.165) is 27.9 Å². The third kappa shape index (κ3) is 2.50. The van der Waals surface area contributed by atoms with Gasteiger partial charge in [0, 0.05) is 23.1 Å². The maximum absolute atomic E-state index is 4.94. The van der Waals surface area contributed by atoms with E-state index in [1.54, 1.807) is 6.33 Å². The van der Waals surface area contributed by atoms with Crippen molar-refractivity contribution in [2.24, 2.45) is 0 Å². The zero-order chi connectivity index (χ0) is 15.6. The minimum absolute atomic E-state index is 0.175. The summed E-state index contributed by atoms with van der Waals surface area (Å²) in [4.78, 5) is 12.4. The SMILES string of the molecule is CC(c1c[nH]cn1)c1cc2ccccc2nc1-c1ccccc1. The highest BCUT2D eigenvalue weighted by Crippen LogP contribution is 2.33. The Morgan fingerprint density at radius 3 is 2.52 bits per heavy atom. The fraction of sp³-hybridized carbons (Fsp3) is 0.100. The molecule has 23 heavy (non-hydrogen) atoms. The first-order valence-electron chi connectivity index (χ1n) is 7.77. The van der Waals surface area contributed by atoms with Crippen LogP contribution in [0.2, 0.25) is 0 Å². The highest BCUT2D eigenvalue weighted by atomic mass is 14.9. The molecule has 0 saturated carbocycles. The minimum atomic E-state index is 0.175. The number of aromatic amines is 1. The summed E-state index contributed by atoms with van der Waals surface area (Å²) in [5.74, 6) is 0.175. The zero-order valence-electron chi connectivity index (χ0n) is 12.9. The molecule has 1 N–H and O–H groups in total. The number of rotatable bonds is 3. The second-order valence-electron chi connectivity index (χ2n) is 5.70. The summed E-state index contributed by atoms with van der Waals surface area (Å²) in [6.45, 7) is 2.17. The molecule has 0 spiro atoms. The van der Waals surface area contributed by atoms with Crippen molar-refractivity contribution in [3.8, 4) is 11.3 Å². The highest BCUT2D eigenvalue weighted by molar-refractivity contribution is 5.83. The van der Waals surface area contributed by atoms with Gasteiger partial charge in [0.1, 0.15) is 0 Å². The van der Waals surface area contributed by atoms with Crippen LogP contribution in [0.1, 0.15) is 24.1 Å². The average molecular weight is 299 g/mol. The van der Waals surface area contributed by atoms with Crippen molar-refractivity contribution >= 4 is 10.9 Å². The third-order valence-electron chi connectivity index (χ3n) is 4.23. The van der Waals surface area contributed by atoms with E-state index in [1.165, 1.54) is 5.56 Å². The van der Waals surface area contributed by atoms with Gasteiger partial charge >= 0.3 is 0 Å². The lowest BCUT2D eigenvalue weighted by atomic mass is 9.92. The highest BCUT2D eigenvalue weighted by Gasteiger charge is 2.17. The summed E-state index contributed by atoms with van der Waals surface area (Å²) >= 11 is 0. The molecule has 4 aromatic rings. The Morgan fingerprint density at radius 2 is 1.74 bits per heavy atom. The quantitative estimate of drug-likeness (QED) is 0.591. The van der Waals surface area contributed by atoms with Gasteiger partial charge in [-0.25, -0.2) is 9.97 Å². The zero-order valence-corrected chi connectivity index (χ0v) is 12.9. The van der Waals surface area contributed by atoms with Crippen LogP contribution in [-0.2, 0) is 0 Å². The Bertz CT molecular complexity index is 928. The molecule has 2 heterocycles. The van der Waals surface area contributed by atoms with Crippen LogP contribution in [0, 0.1) is 0 Å². The molecule has 3 heteroatoms. The van der Waals surface area contributed by atoms with Crippen molar-refractivity contribution in [3.63, 3.8) is 0 Å². The van der Waals surface area contributed by atoms with Gasteiger partial charge in [-0.3, -0.25) is 0 Å². The maximum atomic E-state index is 4.94. The molecule has 0 fully saturated rings. The van der Waals surface area contributed by atoms with Gasteiger partial charge in [-0.05, 0) is 17.7 Å². The fourth-order valence-corrected chi connectivity index (χ4v) is 2.96. The average Bonchev–Trinajstić information content (AvgIpc) is 3.15. The Hall–Kier alpha value is -2.94. The second-order valence-corrected chi connectivity index (χ2v) is 5.70. The Kier molecular flexibility index (Phi) is 3.39. The maximum Gasteiger partial charge on any atom is 0.0923 e. The molecule has 0 saturated heterocycles. The molecule has 0 radical (unpaired) electrons. The number of para-hydroxylation sites is 1. The van der Waals surface area contributed by atoms with Crippen molar-refractivity contribution < 1.29 is 0 Å². The van der Waals surface area contributed by atoms with Gasteiger partial charge in [0.25, 0.3) is 0 Å². The fourth-order valence-electron chi connectivity index (χ4n) is 2.96. The number of H-pyrrole nitrogens is 1. The van der Waals surface area contributed by atoms with Crippen molar-refractivity contribution in [1.29, 1.82) is 0 Å². The van der Waals surface area contributed by atoms with Gasteiger partial charge in [-0.1, -0.05) is 55.5 Å². The summed E-state index contributed by atoms with van der Waals surface area (Å²) in [6.07, 6.45) is 3.68. The Balaban J connectivity index is 1.96. The number of nitrogens with one attached hydrogen (secondary N) is 1. The van der Waals surface area contributed by atoms with E-state index in [2.05, 4.69) is 65.4 Å². The summed E-state index contributed by atoms with van der Waals surface area (Å²) < 4.78 is 0. The van der Waals surface area contributed by atoms with Crippen LogP contribution in [0.3, 0.4) is 0 Å². The van der Waals surface area contributed by atoms with E-state index in [9.17, 15) is 0 Å². The van der Waals surface area contributed by atoms with E-state index in [1.807, 2.05) is 18.3 Å². The molecule has 0 bridgehead atoms. The minimum Gasteiger partial charge on any atom is -0.351 e. The molecule has 2 aromatic carbocycles. The number of imidazole rings is 1. The van der Waals surface area contributed by atoms with Gasteiger partial charge in [-0.2, -0.15) is 0 Å². The van der Waals surface area contributed by atoms with Gasteiger partial charge in [0.15, 0.2) is 0 Å². The number of aromatic nitrogens is 3. The van der Waals surface area contributed by atoms with E-state index in [-0.39, 0.29) is 5.92 Å². The molecule has 0 aliphatic carbocycles. The van der Waals surface area contributed by atoms with Crippen molar-refractivity contribution in [3.05, 3.63) is 84.4 Å². The van der Waals surface area contributed by atoms with Gasteiger partial charge in [0.2, 0.25) is 0 Å². The predicted molar refractivity (Wildman–Crippen MR) is 93.3 cm³/mol. The smallest absolute Gasteiger partial charge is 0.0923 e. The number of pyridine rings is 1. The van der Waals surface area contributed by atoms with E-state index in [0.29, 0.717) is 0 Å². The van der Waals surface area contributed by atoms with Gasteiger partial charge in [-0.15, -0.1) is 0 Å². The lowest BCUT2D eigenvalue weighted by molar-refractivity contribution is 0.881. The Morgan fingerprint density at radius 1 is 0.957 bits per heavy atom. The summed E-state index contributed by atoms with van der Waals surface area (Å²) in [5, 5.41) is 1.16. The molecular weight excluding hydrogens is 282 g/mol. The van der Waals surface area contributed by atoms with Crippen molar-refractivity contribution in [2.75, 3.05) is 0 Å². The van der Waals surface area contributed by atoms with Crippen LogP contribution in [0.5, 0.6) is 0 Å². The number of fused-ring (bicyclic) bond motifs is 1. The van der Waals surface area contributed by atoms with Crippen molar-refractivity contribution in [1.82, 2.24) is 15.0 Å². The van der Waals surface area contributed by atoms with Crippen LogP contribution >= 0.6 is 0 Å². The lowest BCUT2D eigenvalue weighted by Crippen LogP contribution is -2.02. The number of hydrogen-bond donors (Lipinski definition) is 1. The molecule has 0 amide bonds. The van der Waals surface area contributed by atoms with Gasteiger partial charge < -0.3 is 4.98 Å². The van der Waals surface area contributed by atoms with E-state index >= 15 is 0 Å². The molecule has 0 aliphatic heterocycles. The predicted octanol–water partition coefficient (Wildman–Crippen LogP) is 4.78. The van der Waals surface area contributed by atoms with Crippen LogP contribution in [-0.4, -0.2) is 15.0 Å². The summed E-state index contributed by atoms with van der Waals surface area (Å²) in [6, 6.07) is 20.8. The summed E-state index contributed by atoms with van der Waals surface area (Å²) in [7, 11) is 0. The summed E-state index contributed by atoms with van der Waals surface area (Å²) in [5.41, 5.74) is 5.40. The first-order valence-corrected chi connectivity index (χ1v) is 7.77. The van der Waals surface area contributed by atoms with Crippen molar-refractivity contribution in [2.45, 2.75) is 12.8 Å². The molecule has 3 nitrogen and oxygen atoms in total. The normalized spacial score (nSPS) is 12.4. The molecule has 0 aliphatic rings. The van der Waals surface area contributed by atoms with E-state index in [4.69, 9.17) is 4.98 Å². The van der Waals surface area contributed by atoms with Crippen LogP contribution < -0.4 is 0 Å². The first kappa shape index (κ1) is 13.7. The number of hydrogen-bond acceptors (Lipinski definition) is 2. The number of benzene rings is 2. The van der Waals surface area contributed by atoms with Gasteiger partial charge in [0.05, 0.1) is 23.2 Å². The van der Waals surface area contributed by atoms with E-state index < -0.39 is 0 Å². The van der Waals surface area contributed by atoms with Crippen LogP contribution in [0.4, 0.5) is 0 Å². The molecule has 4 rings (SSSR count). The van der Waals surface area contributed by atoms with Crippen LogP contribution in [0.15, 0.2) is 73.2 Å². The van der Waals surface area contributed by atoms with Crippen LogP contribution in [0.25, 0.3) is 22.2 Å². The second kappa shape index (κ2) is 5.69. The largest absolute Gasteiger partial charge is 0.351 e. The standard InChI is InChI=1S/C20H17N3/c1-14(19-12-21-13-22-19)17-11-16-9-5-6-10-18(16)23-20(17)15-7-3-2-4-8-15/h2-14H,1H3,(H,21,22).